The fourth-order valence-electron chi connectivity index (χ4n) is 7.53. The summed E-state index contributed by atoms with van der Waals surface area (Å²) < 4.78 is 6.21. The quantitative estimate of drug-likeness (QED) is 0.176. The summed E-state index contributed by atoms with van der Waals surface area (Å²) in [6.07, 6.45) is 0. The van der Waals surface area contributed by atoms with Crippen LogP contribution in [0.25, 0.3) is 76.9 Å². The van der Waals surface area contributed by atoms with E-state index < -0.39 is 0 Å². The summed E-state index contributed by atoms with van der Waals surface area (Å²) in [4.78, 5) is 2.35. The molecule has 0 spiro atoms. The molecule has 0 radical (unpaired) electrons. The number of rotatable bonds is 6. The maximum atomic E-state index is 6.21. The Labute approximate surface area is 302 Å². The summed E-state index contributed by atoms with van der Waals surface area (Å²) in [5.74, 6) is 0. The third-order valence-electron chi connectivity index (χ3n) is 10.2. The molecule has 10 aromatic rings. The van der Waals surface area contributed by atoms with E-state index in [-0.39, 0.29) is 0 Å². The van der Waals surface area contributed by atoms with Gasteiger partial charge in [-0.15, -0.1) is 0 Å². The molecule has 0 bridgehead atoms. The van der Waals surface area contributed by atoms with E-state index in [1.807, 2.05) is 12.1 Å². The molecule has 244 valence electrons. The first-order valence-electron chi connectivity index (χ1n) is 17.7. The van der Waals surface area contributed by atoms with E-state index in [1.54, 1.807) is 0 Å². The van der Waals surface area contributed by atoms with Gasteiger partial charge in [-0.3, -0.25) is 0 Å². The van der Waals surface area contributed by atoms with Crippen LogP contribution in [0.1, 0.15) is 0 Å². The van der Waals surface area contributed by atoms with Gasteiger partial charge in [0.2, 0.25) is 0 Å². The summed E-state index contributed by atoms with van der Waals surface area (Å²) in [5, 5.41) is 7.12. The fraction of sp³-hybridized carbons (Fsp3) is 0. The minimum Gasteiger partial charge on any atom is -0.456 e. The molecule has 2 nitrogen and oxygen atoms in total. The lowest BCUT2D eigenvalue weighted by atomic mass is 9.96. The summed E-state index contributed by atoms with van der Waals surface area (Å²) in [6, 6.07) is 71.9. The Bertz CT molecular complexity index is 2900. The maximum Gasteiger partial charge on any atom is 0.135 e. The van der Waals surface area contributed by atoms with Crippen molar-refractivity contribution in [3.63, 3.8) is 0 Å². The van der Waals surface area contributed by atoms with Crippen LogP contribution in [0.3, 0.4) is 0 Å². The summed E-state index contributed by atoms with van der Waals surface area (Å²) in [5.41, 5.74) is 12.3. The van der Waals surface area contributed by atoms with Crippen molar-refractivity contribution >= 4 is 60.5 Å². The number of hydrogen-bond donors (Lipinski definition) is 0. The average molecular weight is 664 g/mol. The molecular weight excluding hydrogens is 631 g/mol. The first kappa shape index (κ1) is 30.0. The van der Waals surface area contributed by atoms with Crippen molar-refractivity contribution in [1.29, 1.82) is 0 Å². The highest BCUT2D eigenvalue weighted by molar-refractivity contribution is 6.06. The predicted octanol–water partition coefficient (Wildman–Crippen LogP) is 14.4. The lowest BCUT2D eigenvalue weighted by Crippen LogP contribution is -2.09. The lowest BCUT2D eigenvalue weighted by molar-refractivity contribution is 0.669. The molecule has 0 amide bonds. The Morgan fingerprint density at radius 1 is 0.269 bits per heavy atom. The molecule has 0 aliphatic heterocycles. The van der Waals surface area contributed by atoms with Crippen molar-refractivity contribution in [2.24, 2.45) is 0 Å². The number of anilines is 3. The Morgan fingerprint density at radius 3 is 1.60 bits per heavy atom. The van der Waals surface area contributed by atoms with Gasteiger partial charge in [-0.1, -0.05) is 133 Å². The van der Waals surface area contributed by atoms with Crippen molar-refractivity contribution < 1.29 is 4.42 Å². The van der Waals surface area contributed by atoms with Gasteiger partial charge >= 0.3 is 0 Å². The van der Waals surface area contributed by atoms with Gasteiger partial charge in [-0.2, -0.15) is 0 Å². The van der Waals surface area contributed by atoms with Crippen LogP contribution in [0.2, 0.25) is 0 Å². The highest BCUT2D eigenvalue weighted by Gasteiger charge is 2.17. The molecule has 0 unspecified atom stereocenters. The van der Waals surface area contributed by atoms with Gasteiger partial charge in [0.05, 0.1) is 0 Å². The number of fused-ring (bicyclic) bond motifs is 5. The van der Waals surface area contributed by atoms with Crippen LogP contribution in [0.4, 0.5) is 17.1 Å². The fourth-order valence-corrected chi connectivity index (χ4v) is 7.53. The average Bonchev–Trinajstić information content (AvgIpc) is 3.59. The minimum atomic E-state index is 0.887. The van der Waals surface area contributed by atoms with Crippen molar-refractivity contribution in [1.82, 2.24) is 0 Å². The molecule has 2 heteroatoms. The third-order valence-corrected chi connectivity index (χ3v) is 10.2. The first-order valence-corrected chi connectivity index (χ1v) is 17.7. The SMILES string of the molecule is c1ccc(-c2ccc(N(c3ccc4ccc(-c5cccc(-c6ccc7ccccc7c6)c5)cc4c3)c3ccc4oc5ccccc5c4c3)cc2)cc1. The molecule has 0 aliphatic rings. The standard InChI is InChI=1S/C50H33NO/c1-2-9-34(10-3-1)36-21-24-44(25-22-36)51(46-27-28-50-48(33-46)47-15-6-7-16-49(47)52-50)45-26-23-37-18-20-42(31-43(37)32-45)40-14-8-13-39(30-40)41-19-17-35-11-4-5-12-38(35)29-41/h1-33H. The third kappa shape index (κ3) is 5.39. The zero-order chi connectivity index (χ0) is 34.4. The van der Waals surface area contributed by atoms with Gasteiger partial charge in [0.15, 0.2) is 0 Å². The van der Waals surface area contributed by atoms with Gasteiger partial charge in [-0.25, -0.2) is 0 Å². The topological polar surface area (TPSA) is 16.4 Å². The minimum absolute atomic E-state index is 0.887. The monoisotopic (exact) mass is 663 g/mol. The smallest absolute Gasteiger partial charge is 0.135 e. The second-order valence-electron chi connectivity index (χ2n) is 13.4. The molecule has 0 fully saturated rings. The van der Waals surface area contributed by atoms with Crippen LogP contribution in [-0.2, 0) is 0 Å². The van der Waals surface area contributed by atoms with E-state index in [0.29, 0.717) is 0 Å². The largest absolute Gasteiger partial charge is 0.456 e. The van der Waals surface area contributed by atoms with Crippen LogP contribution in [0, 0.1) is 0 Å². The highest BCUT2D eigenvalue weighted by atomic mass is 16.3. The van der Waals surface area contributed by atoms with Crippen LogP contribution < -0.4 is 4.90 Å². The van der Waals surface area contributed by atoms with E-state index in [0.717, 1.165) is 39.0 Å². The van der Waals surface area contributed by atoms with Gasteiger partial charge in [0.1, 0.15) is 11.2 Å². The zero-order valence-electron chi connectivity index (χ0n) is 28.4. The molecule has 0 saturated heterocycles. The Kier molecular flexibility index (Phi) is 7.18. The molecule has 0 atom stereocenters. The van der Waals surface area contributed by atoms with E-state index in [4.69, 9.17) is 4.42 Å². The normalized spacial score (nSPS) is 11.5. The van der Waals surface area contributed by atoms with E-state index in [1.165, 1.54) is 54.9 Å². The number of nitrogens with zero attached hydrogens (tertiary/aromatic N) is 1. The number of benzene rings is 9. The molecule has 0 saturated carbocycles. The summed E-state index contributed by atoms with van der Waals surface area (Å²) >= 11 is 0. The van der Waals surface area contributed by atoms with Gasteiger partial charge in [-0.05, 0) is 122 Å². The molecule has 52 heavy (non-hydrogen) atoms. The maximum absolute atomic E-state index is 6.21. The summed E-state index contributed by atoms with van der Waals surface area (Å²) in [6.45, 7) is 0. The Morgan fingerprint density at radius 2 is 0.788 bits per heavy atom. The van der Waals surface area contributed by atoms with Gasteiger partial charge < -0.3 is 9.32 Å². The van der Waals surface area contributed by atoms with Crippen molar-refractivity contribution in [3.05, 3.63) is 200 Å². The first-order chi connectivity index (χ1) is 25.7. The molecule has 0 aliphatic carbocycles. The number of para-hydroxylation sites is 1. The molecule has 1 heterocycles. The van der Waals surface area contributed by atoms with E-state index in [9.17, 15) is 0 Å². The van der Waals surface area contributed by atoms with Crippen LogP contribution in [-0.4, -0.2) is 0 Å². The second-order valence-corrected chi connectivity index (χ2v) is 13.4. The Hall–Kier alpha value is -6.90. The van der Waals surface area contributed by atoms with Gasteiger partial charge in [0.25, 0.3) is 0 Å². The van der Waals surface area contributed by atoms with Crippen molar-refractivity contribution in [2.75, 3.05) is 4.90 Å². The number of hydrogen-bond acceptors (Lipinski definition) is 2. The van der Waals surface area contributed by atoms with E-state index in [2.05, 4.69) is 193 Å². The lowest BCUT2D eigenvalue weighted by Gasteiger charge is -2.26. The predicted molar refractivity (Wildman–Crippen MR) is 220 cm³/mol. The molecule has 9 aromatic carbocycles. The molecule has 0 N–H and O–H groups in total. The Balaban J connectivity index is 1.08. The summed E-state index contributed by atoms with van der Waals surface area (Å²) in [7, 11) is 0. The zero-order valence-corrected chi connectivity index (χ0v) is 28.4. The second kappa shape index (κ2) is 12.5. The highest BCUT2D eigenvalue weighted by Crippen LogP contribution is 2.41. The van der Waals surface area contributed by atoms with E-state index >= 15 is 0 Å². The van der Waals surface area contributed by atoms with Crippen LogP contribution in [0.5, 0.6) is 0 Å². The van der Waals surface area contributed by atoms with Crippen molar-refractivity contribution in [2.45, 2.75) is 0 Å². The number of furan rings is 1. The van der Waals surface area contributed by atoms with Crippen LogP contribution in [0.15, 0.2) is 205 Å². The molecule has 1 aromatic heterocycles. The molecular formula is C50H33NO. The van der Waals surface area contributed by atoms with Crippen molar-refractivity contribution in [3.8, 4) is 33.4 Å². The molecule has 10 rings (SSSR count). The van der Waals surface area contributed by atoms with Crippen LogP contribution >= 0.6 is 0 Å². The van der Waals surface area contributed by atoms with Gasteiger partial charge in [0, 0.05) is 27.8 Å².